The number of nitrogens with zero attached hydrogens (tertiary/aromatic N) is 1. The predicted molar refractivity (Wildman–Crippen MR) is 80.8 cm³/mol. The summed E-state index contributed by atoms with van der Waals surface area (Å²) in [5.74, 6) is 0.770. The van der Waals surface area contributed by atoms with Crippen LogP contribution in [0, 0.1) is 0 Å². The summed E-state index contributed by atoms with van der Waals surface area (Å²) in [4.78, 5) is 2.06. The number of ether oxygens (including phenoxy) is 1. The second-order valence-electron chi connectivity index (χ2n) is 4.97. The Hall–Kier alpha value is -2.10. The van der Waals surface area contributed by atoms with Crippen LogP contribution in [0.15, 0.2) is 36.6 Å². The number of nitrogens with one attached hydrogen (secondary N) is 1. The van der Waals surface area contributed by atoms with Gasteiger partial charge in [-0.2, -0.15) is 0 Å². The molecule has 0 radical (unpaired) electrons. The summed E-state index contributed by atoms with van der Waals surface area (Å²) in [5, 5.41) is 3.46. The fraction of sp³-hybridized carbons (Fsp3) is 0.333. The quantitative estimate of drug-likeness (QED) is 0.817. The van der Waals surface area contributed by atoms with Gasteiger partial charge in [0.05, 0.1) is 11.7 Å². The van der Waals surface area contributed by atoms with Gasteiger partial charge >= 0.3 is 0 Å². The minimum atomic E-state index is 0.259. The van der Waals surface area contributed by atoms with Gasteiger partial charge in [-0.25, -0.2) is 0 Å². The average molecular weight is 259 g/mol. The minimum Gasteiger partial charge on any atom is -0.489 e. The van der Waals surface area contributed by atoms with Gasteiger partial charge in [-0.05, 0) is 31.2 Å². The number of hydrogen-bond acceptors (Lipinski definition) is 4. The Labute approximate surface area is 114 Å². The molecule has 2 rings (SSSR count). The van der Waals surface area contributed by atoms with E-state index in [0.29, 0.717) is 6.61 Å². The zero-order chi connectivity index (χ0) is 14.0. The molecule has 0 spiro atoms. The number of allylic oxidation sites excluding steroid dienone is 1. The van der Waals surface area contributed by atoms with Gasteiger partial charge in [-0.3, -0.25) is 0 Å². The van der Waals surface area contributed by atoms with E-state index < -0.39 is 0 Å². The van der Waals surface area contributed by atoms with Crippen molar-refractivity contribution in [2.75, 3.05) is 31.3 Å². The summed E-state index contributed by atoms with van der Waals surface area (Å²) < 4.78 is 5.72. The van der Waals surface area contributed by atoms with Crippen LogP contribution in [0.25, 0.3) is 5.70 Å². The van der Waals surface area contributed by atoms with Gasteiger partial charge in [0.25, 0.3) is 0 Å². The van der Waals surface area contributed by atoms with E-state index in [1.54, 1.807) is 6.08 Å². The van der Waals surface area contributed by atoms with E-state index in [2.05, 4.69) is 23.7 Å². The summed E-state index contributed by atoms with van der Waals surface area (Å²) >= 11 is 0. The Morgan fingerprint density at radius 1 is 1.47 bits per heavy atom. The van der Waals surface area contributed by atoms with E-state index in [1.807, 2.05) is 32.3 Å². The van der Waals surface area contributed by atoms with Crippen LogP contribution in [0.1, 0.15) is 12.5 Å². The Bertz CT molecular complexity index is 520. The fourth-order valence-electron chi connectivity index (χ4n) is 2.16. The maximum atomic E-state index is 5.92. The monoisotopic (exact) mass is 259 g/mol. The molecule has 4 nitrogen and oxygen atoms in total. The Morgan fingerprint density at radius 3 is 2.84 bits per heavy atom. The second-order valence-corrected chi connectivity index (χ2v) is 4.97. The third-order valence-electron chi connectivity index (χ3n) is 3.08. The Morgan fingerprint density at radius 2 is 2.21 bits per heavy atom. The van der Waals surface area contributed by atoms with E-state index in [1.165, 1.54) is 0 Å². The number of benzene rings is 1. The highest BCUT2D eigenvalue weighted by Crippen LogP contribution is 2.31. The molecule has 0 saturated carbocycles. The Kier molecular flexibility index (Phi) is 3.69. The van der Waals surface area contributed by atoms with Crippen LogP contribution in [-0.2, 0) is 4.74 Å². The molecular weight excluding hydrogens is 238 g/mol. The summed E-state index contributed by atoms with van der Waals surface area (Å²) in [6.45, 7) is 6.54. The van der Waals surface area contributed by atoms with Gasteiger partial charge in [-0.15, -0.1) is 0 Å². The molecule has 1 aliphatic rings. The third kappa shape index (κ3) is 2.67. The second kappa shape index (κ2) is 5.26. The van der Waals surface area contributed by atoms with Crippen molar-refractivity contribution in [2.45, 2.75) is 13.0 Å². The van der Waals surface area contributed by atoms with Gasteiger partial charge in [0.2, 0.25) is 0 Å². The number of rotatable bonds is 3. The van der Waals surface area contributed by atoms with Gasteiger partial charge in [0.1, 0.15) is 12.4 Å². The molecule has 0 amide bonds. The van der Waals surface area contributed by atoms with Gasteiger partial charge in [-0.1, -0.05) is 6.58 Å². The van der Waals surface area contributed by atoms with Crippen LogP contribution in [0.2, 0.25) is 0 Å². The highest BCUT2D eigenvalue weighted by atomic mass is 16.5. The van der Waals surface area contributed by atoms with Crippen molar-refractivity contribution in [3.05, 3.63) is 42.2 Å². The molecule has 1 aromatic carbocycles. The molecule has 19 heavy (non-hydrogen) atoms. The van der Waals surface area contributed by atoms with Crippen molar-refractivity contribution < 1.29 is 4.74 Å². The van der Waals surface area contributed by atoms with Crippen LogP contribution in [0.5, 0.6) is 0 Å². The predicted octanol–water partition coefficient (Wildman–Crippen LogP) is 2.20. The topological polar surface area (TPSA) is 50.5 Å². The molecule has 0 saturated heterocycles. The van der Waals surface area contributed by atoms with Crippen LogP contribution < -0.4 is 16.0 Å². The molecule has 1 unspecified atom stereocenters. The van der Waals surface area contributed by atoms with Crippen molar-refractivity contribution >= 4 is 17.1 Å². The van der Waals surface area contributed by atoms with E-state index in [4.69, 9.17) is 10.5 Å². The number of anilines is 2. The summed E-state index contributed by atoms with van der Waals surface area (Å²) in [7, 11) is 4.02. The number of hydrogen-bond donors (Lipinski definition) is 2. The first-order chi connectivity index (χ1) is 9.02. The summed E-state index contributed by atoms with van der Waals surface area (Å²) in [6.07, 6.45) is 1.73. The lowest BCUT2D eigenvalue weighted by Gasteiger charge is -2.29. The summed E-state index contributed by atoms with van der Waals surface area (Å²) in [6, 6.07) is 6.14. The van der Waals surface area contributed by atoms with Crippen molar-refractivity contribution in [2.24, 2.45) is 0 Å². The van der Waals surface area contributed by atoms with E-state index in [9.17, 15) is 0 Å². The highest BCUT2D eigenvalue weighted by Gasteiger charge is 2.21. The maximum Gasteiger partial charge on any atom is 0.142 e. The molecule has 102 valence electrons. The van der Waals surface area contributed by atoms with Gasteiger partial charge in [0.15, 0.2) is 0 Å². The molecule has 3 N–H and O–H groups in total. The standard InChI is InChI=1S/C15H21N3O/c1-5-14-15(17-10(2)9-19-14)12-8-11(16)6-7-13(12)18(3)4/h5-8,10,17H,1,9,16H2,2-4H3. The van der Waals surface area contributed by atoms with Gasteiger partial charge in [0, 0.05) is 31.0 Å². The normalized spacial score (nSPS) is 18.6. The molecule has 0 bridgehead atoms. The number of nitrogens with two attached hydrogens (primary N) is 1. The molecule has 4 heteroatoms. The zero-order valence-corrected chi connectivity index (χ0v) is 11.7. The Balaban J connectivity index is 2.58. The van der Waals surface area contributed by atoms with E-state index in [-0.39, 0.29) is 6.04 Å². The largest absolute Gasteiger partial charge is 0.489 e. The highest BCUT2D eigenvalue weighted by molar-refractivity contribution is 5.80. The lowest BCUT2D eigenvalue weighted by Crippen LogP contribution is -2.34. The van der Waals surface area contributed by atoms with Gasteiger partial charge < -0.3 is 20.7 Å². The first-order valence-electron chi connectivity index (χ1n) is 6.36. The first kappa shape index (κ1) is 13.3. The van der Waals surface area contributed by atoms with Crippen molar-refractivity contribution in [3.8, 4) is 0 Å². The molecule has 1 aliphatic heterocycles. The molecule has 0 aromatic heterocycles. The van der Waals surface area contributed by atoms with Crippen LogP contribution in [0.3, 0.4) is 0 Å². The molecule has 0 fully saturated rings. The molecule has 1 heterocycles. The van der Waals surface area contributed by atoms with E-state index >= 15 is 0 Å². The van der Waals surface area contributed by atoms with Crippen LogP contribution in [0.4, 0.5) is 11.4 Å². The van der Waals surface area contributed by atoms with Crippen LogP contribution >= 0.6 is 0 Å². The average Bonchev–Trinajstić information content (AvgIpc) is 2.38. The molecule has 0 aliphatic carbocycles. The fourth-order valence-corrected chi connectivity index (χ4v) is 2.16. The lowest BCUT2D eigenvalue weighted by atomic mass is 10.0. The van der Waals surface area contributed by atoms with Crippen LogP contribution in [-0.4, -0.2) is 26.7 Å². The lowest BCUT2D eigenvalue weighted by molar-refractivity contribution is 0.186. The van der Waals surface area contributed by atoms with E-state index in [0.717, 1.165) is 28.4 Å². The zero-order valence-electron chi connectivity index (χ0n) is 11.7. The SMILES string of the molecule is C=CC1=C(c2cc(N)ccc2N(C)C)NC(C)CO1. The minimum absolute atomic E-state index is 0.259. The number of nitrogen functional groups attached to an aromatic ring is 1. The molecule has 1 atom stereocenters. The van der Waals surface area contributed by atoms with Crippen molar-refractivity contribution in [1.82, 2.24) is 5.32 Å². The third-order valence-corrected chi connectivity index (χ3v) is 3.08. The van der Waals surface area contributed by atoms with Crippen molar-refractivity contribution in [3.63, 3.8) is 0 Å². The molecule has 1 aromatic rings. The smallest absolute Gasteiger partial charge is 0.142 e. The maximum absolute atomic E-state index is 5.92. The van der Waals surface area contributed by atoms with Crippen molar-refractivity contribution in [1.29, 1.82) is 0 Å². The summed E-state index contributed by atoms with van der Waals surface area (Å²) in [5.41, 5.74) is 9.73. The molecular formula is C15H21N3O. The first-order valence-corrected chi connectivity index (χ1v) is 6.36.